The number of rotatable bonds is 5. The molecule has 130 valence electrons. The van der Waals surface area contributed by atoms with Gasteiger partial charge < -0.3 is 5.32 Å². The van der Waals surface area contributed by atoms with Gasteiger partial charge in [-0.15, -0.1) is 0 Å². The van der Waals surface area contributed by atoms with Gasteiger partial charge in [-0.1, -0.05) is 41.0 Å². The second kappa shape index (κ2) is 8.28. The Morgan fingerprint density at radius 3 is 2.85 bits per heavy atom. The number of nitrogens with one attached hydrogen (secondary N) is 1. The van der Waals surface area contributed by atoms with Gasteiger partial charge >= 0.3 is 0 Å². The van der Waals surface area contributed by atoms with Crippen molar-refractivity contribution in [3.05, 3.63) is 70.5 Å². The maximum absolute atomic E-state index is 12.2. The third-order valence-corrected chi connectivity index (χ3v) is 4.91. The molecule has 2 aromatic carbocycles. The van der Waals surface area contributed by atoms with Gasteiger partial charge in [0.15, 0.2) is 5.16 Å². The topological polar surface area (TPSA) is 70.7 Å². The zero-order valence-corrected chi connectivity index (χ0v) is 15.6. The molecule has 1 amide bonds. The SMILES string of the molecule is N#Cc1ccc(NC(=O)CSc2nccn2-c2cccc(Cl)c2)cc1Cl. The predicted octanol–water partition coefficient (Wildman–Crippen LogP) is 4.78. The van der Waals surface area contributed by atoms with Crippen LogP contribution >= 0.6 is 35.0 Å². The molecule has 0 aliphatic carbocycles. The molecule has 0 bridgehead atoms. The first-order valence-electron chi connectivity index (χ1n) is 7.48. The van der Waals surface area contributed by atoms with E-state index in [-0.39, 0.29) is 11.7 Å². The number of carbonyl (C=O) groups is 1. The van der Waals surface area contributed by atoms with E-state index < -0.39 is 0 Å². The van der Waals surface area contributed by atoms with E-state index in [4.69, 9.17) is 28.5 Å². The Balaban J connectivity index is 1.65. The van der Waals surface area contributed by atoms with E-state index in [1.54, 1.807) is 30.5 Å². The first-order valence-corrected chi connectivity index (χ1v) is 9.22. The molecule has 3 rings (SSSR count). The molecule has 0 spiro atoms. The summed E-state index contributed by atoms with van der Waals surface area (Å²) < 4.78 is 1.86. The smallest absolute Gasteiger partial charge is 0.234 e. The lowest BCUT2D eigenvalue weighted by Crippen LogP contribution is -2.14. The maximum Gasteiger partial charge on any atom is 0.234 e. The molecule has 0 saturated heterocycles. The molecule has 0 unspecified atom stereocenters. The van der Waals surface area contributed by atoms with Crippen molar-refractivity contribution in [3.63, 3.8) is 0 Å². The van der Waals surface area contributed by atoms with E-state index in [9.17, 15) is 4.79 Å². The van der Waals surface area contributed by atoms with Gasteiger partial charge in [0.2, 0.25) is 5.91 Å². The molecule has 1 N–H and O–H groups in total. The van der Waals surface area contributed by atoms with Gasteiger partial charge in [-0.3, -0.25) is 9.36 Å². The quantitative estimate of drug-likeness (QED) is 0.623. The number of aromatic nitrogens is 2. The Morgan fingerprint density at radius 2 is 2.12 bits per heavy atom. The number of halogens is 2. The number of hydrogen-bond donors (Lipinski definition) is 1. The van der Waals surface area contributed by atoms with Gasteiger partial charge in [-0.2, -0.15) is 5.26 Å². The van der Waals surface area contributed by atoms with Gasteiger partial charge in [0.25, 0.3) is 0 Å². The Morgan fingerprint density at radius 1 is 1.27 bits per heavy atom. The predicted molar refractivity (Wildman–Crippen MR) is 104 cm³/mol. The average Bonchev–Trinajstić information content (AvgIpc) is 3.09. The summed E-state index contributed by atoms with van der Waals surface area (Å²) in [5.74, 6) is -0.0220. The van der Waals surface area contributed by atoms with Crippen LogP contribution < -0.4 is 5.32 Å². The largest absolute Gasteiger partial charge is 0.325 e. The number of nitriles is 1. The molecule has 8 heteroatoms. The van der Waals surface area contributed by atoms with Gasteiger partial charge in [0.1, 0.15) is 6.07 Å². The zero-order chi connectivity index (χ0) is 18.5. The normalized spacial score (nSPS) is 10.3. The maximum atomic E-state index is 12.2. The number of benzene rings is 2. The summed E-state index contributed by atoms with van der Waals surface area (Å²) in [4.78, 5) is 16.5. The van der Waals surface area contributed by atoms with E-state index in [1.165, 1.54) is 11.8 Å². The van der Waals surface area contributed by atoms with Crippen LogP contribution in [0.2, 0.25) is 10.0 Å². The van der Waals surface area contributed by atoms with Crippen molar-refractivity contribution in [1.29, 1.82) is 5.26 Å². The van der Waals surface area contributed by atoms with Gasteiger partial charge in [0.05, 0.1) is 16.3 Å². The molecule has 0 aliphatic heterocycles. The molecule has 0 radical (unpaired) electrons. The standard InChI is InChI=1S/C18H12Cl2N4OS/c19-13-2-1-3-15(8-13)24-7-6-22-18(24)26-11-17(25)23-14-5-4-12(10-21)16(20)9-14/h1-9H,11H2,(H,23,25). The van der Waals surface area contributed by atoms with E-state index >= 15 is 0 Å². The minimum atomic E-state index is -0.198. The lowest BCUT2D eigenvalue weighted by Gasteiger charge is -2.09. The van der Waals surface area contributed by atoms with Crippen molar-refractivity contribution in [2.75, 3.05) is 11.1 Å². The van der Waals surface area contributed by atoms with Crippen molar-refractivity contribution < 1.29 is 4.79 Å². The van der Waals surface area contributed by atoms with Crippen LogP contribution in [0.3, 0.4) is 0 Å². The van der Waals surface area contributed by atoms with Crippen LogP contribution in [0, 0.1) is 11.3 Å². The molecular formula is C18H12Cl2N4OS. The fraction of sp³-hybridized carbons (Fsp3) is 0.0556. The molecule has 0 fully saturated rings. The molecule has 3 aromatic rings. The lowest BCUT2D eigenvalue weighted by molar-refractivity contribution is -0.113. The first kappa shape index (κ1) is 18.3. The van der Waals surface area contributed by atoms with E-state index in [0.29, 0.717) is 26.5 Å². The fourth-order valence-corrected chi connectivity index (χ4v) is 3.41. The van der Waals surface area contributed by atoms with E-state index in [0.717, 1.165) is 5.69 Å². The minimum Gasteiger partial charge on any atom is -0.325 e. The van der Waals surface area contributed by atoms with Crippen molar-refractivity contribution >= 4 is 46.6 Å². The summed E-state index contributed by atoms with van der Waals surface area (Å²) in [7, 11) is 0. The molecule has 0 aliphatic rings. The van der Waals surface area contributed by atoms with E-state index in [2.05, 4.69) is 10.3 Å². The number of hydrogen-bond acceptors (Lipinski definition) is 4. The van der Waals surface area contributed by atoms with Gasteiger partial charge in [-0.25, -0.2) is 4.98 Å². The summed E-state index contributed by atoms with van der Waals surface area (Å²) in [6.07, 6.45) is 3.48. The zero-order valence-electron chi connectivity index (χ0n) is 13.3. The second-order valence-electron chi connectivity index (χ2n) is 5.20. The molecule has 1 aromatic heterocycles. The van der Waals surface area contributed by atoms with Crippen LogP contribution in [0.1, 0.15) is 5.56 Å². The highest BCUT2D eigenvalue weighted by Gasteiger charge is 2.10. The molecule has 5 nitrogen and oxygen atoms in total. The van der Waals surface area contributed by atoms with Crippen molar-refractivity contribution in [2.45, 2.75) is 5.16 Å². The van der Waals surface area contributed by atoms with Crippen molar-refractivity contribution in [1.82, 2.24) is 9.55 Å². The summed E-state index contributed by atoms with van der Waals surface area (Å²) >= 11 is 13.3. The van der Waals surface area contributed by atoms with Crippen LogP contribution in [-0.2, 0) is 4.79 Å². The number of carbonyl (C=O) groups excluding carboxylic acids is 1. The van der Waals surface area contributed by atoms with Crippen LogP contribution in [-0.4, -0.2) is 21.2 Å². The van der Waals surface area contributed by atoms with E-state index in [1.807, 2.05) is 35.0 Å². The summed E-state index contributed by atoms with van der Waals surface area (Å²) in [5, 5.41) is 13.2. The van der Waals surface area contributed by atoms with Crippen LogP contribution in [0.4, 0.5) is 5.69 Å². The van der Waals surface area contributed by atoms with Crippen LogP contribution in [0.25, 0.3) is 5.69 Å². The molecule has 0 saturated carbocycles. The summed E-state index contributed by atoms with van der Waals surface area (Å²) in [5.41, 5.74) is 1.78. The average molecular weight is 403 g/mol. The fourth-order valence-electron chi connectivity index (χ4n) is 2.23. The Hall–Kier alpha value is -2.46. The van der Waals surface area contributed by atoms with Gasteiger partial charge in [0, 0.05) is 28.8 Å². The summed E-state index contributed by atoms with van der Waals surface area (Å²) in [6.45, 7) is 0. The third kappa shape index (κ3) is 4.38. The molecule has 26 heavy (non-hydrogen) atoms. The van der Waals surface area contributed by atoms with Crippen LogP contribution in [0.5, 0.6) is 0 Å². The Bertz CT molecular complexity index is 997. The summed E-state index contributed by atoms with van der Waals surface area (Å²) in [6, 6.07) is 14.1. The molecular weight excluding hydrogens is 391 g/mol. The highest BCUT2D eigenvalue weighted by atomic mass is 35.5. The number of imidazole rings is 1. The lowest BCUT2D eigenvalue weighted by atomic mass is 10.2. The molecule has 0 atom stereocenters. The first-order chi connectivity index (χ1) is 12.6. The second-order valence-corrected chi connectivity index (χ2v) is 6.99. The Kier molecular flexibility index (Phi) is 5.84. The third-order valence-electron chi connectivity index (χ3n) is 3.40. The number of nitrogens with zero attached hydrogens (tertiary/aromatic N) is 3. The monoisotopic (exact) mass is 402 g/mol. The number of amides is 1. The minimum absolute atomic E-state index is 0.176. The van der Waals surface area contributed by atoms with Gasteiger partial charge in [-0.05, 0) is 36.4 Å². The van der Waals surface area contributed by atoms with Crippen molar-refractivity contribution in [3.8, 4) is 11.8 Å². The molecule has 1 heterocycles. The van der Waals surface area contributed by atoms with Crippen LogP contribution in [0.15, 0.2) is 60.0 Å². The number of anilines is 1. The number of thioether (sulfide) groups is 1. The van der Waals surface area contributed by atoms with Crippen molar-refractivity contribution in [2.24, 2.45) is 0 Å². The Labute approximate surface area is 164 Å². The highest BCUT2D eigenvalue weighted by Crippen LogP contribution is 2.23. The highest BCUT2D eigenvalue weighted by molar-refractivity contribution is 7.99.